The van der Waals surface area contributed by atoms with E-state index in [0.29, 0.717) is 22.9 Å². The van der Waals surface area contributed by atoms with Gasteiger partial charge in [-0.05, 0) is 55.7 Å². The van der Waals surface area contributed by atoms with Crippen LogP contribution in [0.15, 0.2) is 29.2 Å². The Labute approximate surface area is 168 Å². The summed E-state index contributed by atoms with van der Waals surface area (Å²) in [5.41, 5.74) is 1.26. The van der Waals surface area contributed by atoms with Crippen molar-refractivity contribution in [3.05, 3.63) is 29.8 Å². The van der Waals surface area contributed by atoms with Crippen molar-refractivity contribution >= 4 is 21.6 Å². The fourth-order valence-electron chi connectivity index (χ4n) is 4.97. The lowest BCUT2D eigenvalue weighted by Crippen LogP contribution is -2.50. The summed E-state index contributed by atoms with van der Waals surface area (Å²) in [4.78, 5) is 2.92. The molecule has 3 saturated heterocycles. The number of thioether (sulfide) groups is 1. The summed E-state index contributed by atoms with van der Waals surface area (Å²) >= 11 is 2.13. The molecule has 0 aromatic heterocycles. The van der Waals surface area contributed by atoms with Gasteiger partial charge in [-0.25, -0.2) is 18.4 Å². The SMILES string of the molecule is CN1CC(c2ccc(S(C)(=O)=O)cc2)CC2C1CN(CC1CCCS1)N2C. The van der Waals surface area contributed by atoms with E-state index in [2.05, 4.69) is 40.8 Å². The van der Waals surface area contributed by atoms with Gasteiger partial charge in [0, 0.05) is 50.3 Å². The number of benzene rings is 1. The van der Waals surface area contributed by atoms with E-state index in [1.54, 1.807) is 12.1 Å². The molecule has 4 atom stereocenters. The molecule has 1 aromatic carbocycles. The zero-order valence-corrected chi connectivity index (χ0v) is 18.2. The Bertz CT molecular complexity index is 762. The van der Waals surface area contributed by atoms with Gasteiger partial charge in [-0.2, -0.15) is 11.8 Å². The van der Waals surface area contributed by atoms with E-state index in [0.717, 1.165) is 24.8 Å². The molecule has 0 radical (unpaired) electrons. The molecule has 0 amide bonds. The summed E-state index contributed by atoms with van der Waals surface area (Å²) in [6.07, 6.45) is 5.13. The van der Waals surface area contributed by atoms with Crippen LogP contribution >= 0.6 is 11.8 Å². The molecule has 4 unspecified atom stereocenters. The fraction of sp³-hybridized carbons (Fsp3) is 0.700. The molecular formula is C20H31N3O2S2. The maximum atomic E-state index is 11.7. The number of hydrogen-bond acceptors (Lipinski definition) is 6. The first kappa shape index (κ1) is 19.7. The first-order chi connectivity index (χ1) is 12.8. The first-order valence-electron chi connectivity index (χ1n) is 9.92. The van der Waals surface area contributed by atoms with Gasteiger partial charge in [-0.1, -0.05) is 12.1 Å². The minimum Gasteiger partial charge on any atom is -0.300 e. The highest BCUT2D eigenvalue weighted by Gasteiger charge is 2.45. The molecule has 0 saturated carbocycles. The molecule has 3 aliphatic rings. The van der Waals surface area contributed by atoms with Crippen molar-refractivity contribution < 1.29 is 8.42 Å². The molecule has 3 fully saturated rings. The van der Waals surface area contributed by atoms with Crippen LogP contribution in [0.3, 0.4) is 0 Å². The van der Waals surface area contributed by atoms with Crippen LogP contribution in [0.2, 0.25) is 0 Å². The number of sulfone groups is 1. The van der Waals surface area contributed by atoms with Crippen LogP contribution < -0.4 is 0 Å². The minimum absolute atomic E-state index is 0.409. The molecule has 27 heavy (non-hydrogen) atoms. The lowest BCUT2D eigenvalue weighted by Gasteiger charge is -2.41. The van der Waals surface area contributed by atoms with E-state index in [-0.39, 0.29) is 0 Å². The highest BCUT2D eigenvalue weighted by Crippen LogP contribution is 2.37. The molecule has 0 spiro atoms. The molecule has 3 aliphatic heterocycles. The molecule has 5 nitrogen and oxygen atoms in total. The van der Waals surface area contributed by atoms with Gasteiger partial charge in [-0.15, -0.1) is 0 Å². The predicted octanol–water partition coefficient (Wildman–Crippen LogP) is 2.30. The molecule has 1 aromatic rings. The van der Waals surface area contributed by atoms with Crippen LogP contribution in [0.1, 0.15) is 30.7 Å². The first-order valence-corrected chi connectivity index (χ1v) is 12.9. The third-order valence-electron chi connectivity index (χ3n) is 6.59. The predicted molar refractivity (Wildman–Crippen MR) is 112 cm³/mol. The number of hydrazine groups is 1. The van der Waals surface area contributed by atoms with Gasteiger partial charge in [0.05, 0.1) is 4.90 Å². The Kier molecular flexibility index (Phi) is 5.60. The maximum absolute atomic E-state index is 11.7. The van der Waals surface area contributed by atoms with Crippen LogP contribution in [0.25, 0.3) is 0 Å². The molecule has 150 valence electrons. The van der Waals surface area contributed by atoms with Crippen LogP contribution in [-0.4, -0.2) is 86.4 Å². The third kappa shape index (κ3) is 4.08. The average Bonchev–Trinajstić information content (AvgIpc) is 3.24. The quantitative estimate of drug-likeness (QED) is 0.760. The second-order valence-electron chi connectivity index (χ2n) is 8.43. The smallest absolute Gasteiger partial charge is 0.175 e. The van der Waals surface area contributed by atoms with Gasteiger partial charge in [0.25, 0.3) is 0 Å². The Balaban J connectivity index is 1.46. The summed E-state index contributed by atoms with van der Waals surface area (Å²) in [6, 6.07) is 8.67. The molecule has 7 heteroatoms. The van der Waals surface area contributed by atoms with Gasteiger partial charge >= 0.3 is 0 Å². The van der Waals surface area contributed by atoms with E-state index < -0.39 is 9.84 Å². The third-order valence-corrected chi connectivity index (χ3v) is 9.10. The van der Waals surface area contributed by atoms with Crippen LogP contribution in [0.4, 0.5) is 0 Å². The summed E-state index contributed by atoms with van der Waals surface area (Å²) in [6.45, 7) is 3.35. The van der Waals surface area contributed by atoms with Crippen LogP contribution in [0, 0.1) is 0 Å². The Hall–Kier alpha value is -0.600. The number of fused-ring (bicyclic) bond motifs is 1. The normalized spacial score (nSPS) is 33.4. The summed E-state index contributed by atoms with van der Waals surface area (Å²) in [5, 5.41) is 5.86. The standard InChI is InChI=1S/C20H31N3O2S2/c1-21-12-16(15-6-8-18(9-7-15)27(3,24)25)11-19-20(21)14-23(22(19)2)13-17-5-4-10-26-17/h6-9,16-17,19-20H,4-5,10-14H2,1-3H3. The van der Waals surface area contributed by atoms with Crippen molar-refractivity contribution in [2.45, 2.75) is 47.4 Å². The second kappa shape index (κ2) is 7.67. The van der Waals surface area contributed by atoms with E-state index in [9.17, 15) is 8.42 Å². The largest absolute Gasteiger partial charge is 0.300 e. The molecule has 4 rings (SSSR count). The number of likely N-dealkylation sites (tertiary alicyclic amines) is 1. The molecule has 3 heterocycles. The number of nitrogens with zero attached hydrogens (tertiary/aromatic N) is 3. The van der Waals surface area contributed by atoms with Crippen molar-refractivity contribution in [3.63, 3.8) is 0 Å². The second-order valence-corrected chi connectivity index (χ2v) is 11.9. The van der Waals surface area contributed by atoms with Crippen molar-refractivity contribution in [2.75, 3.05) is 45.7 Å². The van der Waals surface area contributed by atoms with Gasteiger partial charge < -0.3 is 0 Å². The summed E-state index contributed by atoms with van der Waals surface area (Å²) in [5.74, 6) is 1.77. The van der Waals surface area contributed by atoms with Crippen molar-refractivity contribution in [3.8, 4) is 0 Å². The average molecular weight is 410 g/mol. The maximum Gasteiger partial charge on any atom is 0.175 e. The van der Waals surface area contributed by atoms with Gasteiger partial charge in [0.1, 0.15) is 0 Å². The number of hydrogen-bond donors (Lipinski definition) is 0. The highest BCUT2D eigenvalue weighted by molar-refractivity contribution is 8.00. The van der Waals surface area contributed by atoms with Gasteiger partial charge in [-0.3, -0.25) is 4.90 Å². The topological polar surface area (TPSA) is 43.9 Å². The summed E-state index contributed by atoms with van der Waals surface area (Å²) < 4.78 is 23.4. The minimum atomic E-state index is -3.13. The van der Waals surface area contributed by atoms with E-state index in [1.165, 1.54) is 37.0 Å². The van der Waals surface area contributed by atoms with Gasteiger partial charge in [0.2, 0.25) is 0 Å². The molecule has 0 aliphatic carbocycles. The lowest BCUT2D eigenvalue weighted by molar-refractivity contribution is 0.0125. The Morgan fingerprint density at radius 1 is 1.11 bits per heavy atom. The van der Waals surface area contributed by atoms with E-state index in [4.69, 9.17) is 0 Å². The van der Waals surface area contributed by atoms with E-state index in [1.807, 2.05) is 12.1 Å². The monoisotopic (exact) mass is 409 g/mol. The van der Waals surface area contributed by atoms with Crippen molar-refractivity contribution in [1.29, 1.82) is 0 Å². The van der Waals surface area contributed by atoms with Crippen LogP contribution in [0.5, 0.6) is 0 Å². The van der Waals surface area contributed by atoms with Crippen LogP contribution in [-0.2, 0) is 9.84 Å². The number of rotatable bonds is 4. The Morgan fingerprint density at radius 3 is 2.48 bits per heavy atom. The molecule has 0 N–H and O–H groups in total. The zero-order chi connectivity index (χ0) is 19.2. The number of likely N-dealkylation sites (N-methyl/N-ethyl adjacent to an activating group) is 2. The van der Waals surface area contributed by atoms with Crippen molar-refractivity contribution in [2.24, 2.45) is 0 Å². The highest BCUT2D eigenvalue weighted by atomic mass is 32.2. The van der Waals surface area contributed by atoms with Crippen molar-refractivity contribution in [1.82, 2.24) is 14.9 Å². The number of piperidine rings is 1. The molecule has 0 bridgehead atoms. The Morgan fingerprint density at radius 2 is 1.85 bits per heavy atom. The zero-order valence-electron chi connectivity index (χ0n) is 16.5. The fourth-order valence-corrected chi connectivity index (χ4v) is 6.88. The summed E-state index contributed by atoms with van der Waals surface area (Å²) in [7, 11) is 1.37. The lowest BCUT2D eigenvalue weighted by atomic mass is 9.85. The molecular weight excluding hydrogens is 378 g/mol. The van der Waals surface area contributed by atoms with Gasteiger partial charge in [0.15, 0.2) is 9.84 Å². The van der Waals surface area contributed by atoms with E-state index >= 15 is 0 Å².